The van der Waals surface area contributed by atoms with Crippen molar-refractivity contribution in [2.75, 3.05) is 32.6 Å². The molecule has 0 bridgehead atoms. The minimum atomic E-state index is -0.0968. The number of benzene rings is 2. The Balaban J connectivity index is 1.50. The molecule has 0 spiro atoms. The van der Waals surface area contributed by atoms with Crippen molar-refractivity contribution in [3.05, 3.63) is 60.3 Å². The molecule has 140 valence electrons. The number of nitrogens with one attached hydrogen (secondary N) is 2. The molecule has 3 aromatic rings. The molecule has 0 atom stereocenters. The maximum Gasteiger partial charge on any atom is 0.238 e. The highest BCUT2D eigenvalue weighted by atomic mass is 16.5. The lowest BCUT2D eigenvalue weighted by atomic mass is 10.1. The van der Waals surface area contributed by atoms with Crippen molar-refractivity contribution < 1.29 is 14.3 Å². The maximum atomic E-state index is 12.2. The normalized spacial score (nSPS) is 10.6. The molecular formula is C21H23N3O3. The van der Waals surface area contributed by atoms with Crippen molar-refractivity contribution in [1.82, 2.24) is 10.3 Å². The van der Waals surface area contributed by atoms with E-state index in [2.05, 4.69) is 15.6 Å². The van der Waals surface area contributed by atoms with Gasteiger partial charge in [0.1, 0.15) is 0 Å². The molecule has 1 amide bonds. The molecule has 0 radical (unpaired) electrons. The van der Waals surface area contributed by atoms with E-state index in [4.69, 9.17) is 9.47 Å². The molecular weight excluding hydrogens is 342 g/mol. The lowest BCUT2D eigenvalue weighted by Gasteiger charge is -2.11. The topological polar surface area (TPSA) is 72.5 Å². The van der Waals surface area contributed by atoms with Gasteiger partial charge in [0.05, 0.1) is 32.0 Å². The highest BCUT2D eigenvalue weighted by Gasteiger charge is 2.07. The molecule has 0 saturated carbocycles. The van der Waals surface area contributed by atoms with Gasteiger partial charge in [-0.05, 0) is 42.8 Å². The van der Waals surface area contributed by atoms with Crippen LogP contribution in [0.25, 0.3) is 10.9 Å². The number of para-hydroxylation sites is 1. The molecule has 6 nitrogen and oxygen atoms in total. The largest absolute Gasteiger partial charge is 0.493 e. The first kappa shape index (κ1) is 18.7. The maximum absolute atomic E-state index is 12.2. The summed E-state index contributed by atoms with van der Waals surface area (Å²) in [5, 5.41) is 7.08. The number of fused-ring (bicyclic) bond motifs is 1. The van der Waals surface area contributed by atoms with E-state index >= 15 is 0 Å². The Bertz CT molecular complexity index is 922. The number of hydrogen-bond donors (Lipinski definition) is 2. The second-order valence-corrected chi connectivity index (χ2v) is 6.04. The summed E-state index contributed by atoms with van der Waals surface area (Å²) < 4.78 is 10.5. The third-order valence-corrected chi connectivity index (χ3v) is 4.23. The van der Waals surface area contributed by atoms with Gasteiger partial charge in [-0.15, -0.1) is 0 Å². The molecule has 0 aliphatic carbocycles. The second kappa shape index (κ2) is 9.00. The first-order valence-corrected chi connectivity index (χ1v) is 8.76. The summed E-state index contributed by atoms with van der Waals surface area (Å²) in [6.45, 7) is 0.910. The van der Waals surface area contributed by atoms with E-state index in [0.717, 1.165) is 28.6 Å². The fourth-order valence-electron chi connectivity index (χ4n) is 2.87. The Hall–Kier alpha value is -3.12. The fraction of sp³-hybridized carbons (Fsp3) is 0.238. The van der Waals surface area contributed by atoms with Crippen LogP contribution < -0.4 is 20.1 Å². The van der Waals surface area contributed by atoms with Crippen LogP contribution in [-0.2, 0) is 11.2 Å². The van der Waals surface area contributed by atoms with Crippen LogP contribution in [0.3, 0.4) is 0 Å². The first-order chi connectivity index (χ1) is 13.2. The number of aromatic nitrogens is 1. The molecule has 0 fully saturated rings. The van der Waals surface area contributed by atoms with E-state index < -0.39 is 0 Å². The minimum Gasteiger partial charge on any atom is -0.493 e. The molecule has 2 aromatic carbocycles. The number of carbonyl (C=O) groups is 1. The molecule has 27 heavy (non-hydrogen) atoms. The zero-order valence-electron chi connectivity index (χ0n) is 15.5. The van der Waals surface area contributed by atoms with Crippen LogP contribution in [0.4, 0.5) is 5.69 Å². The average molecular weight is 365 g/mol. The minimum absolute atomic E-state index is 0.0968. The predicted molar refractivity (Wildman–Crippen MR) is 106 cm³/mol. The van der Waals surface area contributed by atoms with Crippen LogP contribution in [-0.4, -0.2) is 38.2 Å². The quantitative estimate of drug-likeness (QED) is 0.601. The van der Waals surface area contributed by atoms with E-state index in [1.165, 1.54) is 0 Å². The zero-order chi connectivity index (χ0) is 19.1. The van der Waals surface area contributed by atoms with Crippen molar-refractivity contribution in [3.63, 3.8) is 0 Å². The highest BCUT2D eigenvalue weighted by molar-refractivity contribution is 6.00. The Labute approximate surface area is 158 Å². The monoisotopic (exact) mass is 365 g/mol. The number of hydrogen-bond acceptors (Lipinski definition) is 5. The van der Waals surface area contributed by atoms with Crippen LogP contribution in [0.2, 0.25) is 0 Å². The van der Waals surface area contributed by atoms with Gasteiger partial charge in [0, 0.05) is 11.6 Å². The standard InChI is InChI=1S/C21H23N3O3/c1-26-18-9-8-15(13-19(18)27-2)10-12-22-14-20(25)24-17-7-3-5-16-6-4-11-23-21(16)17/h3-9,11,13,22H,10,12,14H2,1-2H3,(H,24,25). The van der Waals surface area contributed by atoms with Crippen molar-refractivity contribution in [2.24, 2.45) is 0 Å². The molecule has 0 saturated heterocycles. The average Bonchev–Trinajstić information content (AvgIpc) is 2.71. The van der Waals surface area contributed by atoms with Gasteiger partial charge in [0.25, 0.3) is 0 Å². The van der Waals surface area contributed by atoms with Crippen molar-refractivity contribution in [1.29, 1.82) is 0 Å². The molecule has 1 heterocycles. The van der Waals surface area contributed by atoms with Gasteiger partial charge < -0.3 is 20.1 Å². The summed E-state index contributed by atoms with van der Waals surface area (Å²) in [4.78, 5) is 16.6. The van der Waals surface area contributed by atoms with Crippen LogP contribution in [0, 0.1) is 0 Å². The SMILES string of the molecule is COc1ccc(CCNCC(=O)Nc2cccc3cccnc23)cc1OC. The van der Waals surface area contributed by atoms with Crippen molar-refractivity contribution in [3.8, 4) is 11.5 Å². The number of nitrogens with zero attached hydrogens (tertiary/aromatic N) is 1. The van der Waals surface area contributed by atoms with Gasteiger partial charge in [0.15, 0.2) is 11.5 Å². The van der Waals surface area contributed by atoms with Gasteiger partial charge >= 0.3 is 0 Å². The Morgan fingerprint density at radius 1 is 1.04 bits per heavy atom. The highest BCUT2D eigenvalue weighted by Crippen LogP contribution is 2.27. The number of anilines is 1. The van der Waals surface area contributed by atoms with Crippen molar-refractivity contribution in [2.45, 2.75) is 6.42 Å². The number of ether oxygens (including phenoxy) is 2. The summed E-state index contributed by atoms with van der Waals surface area (Å²) in [6, 6.07) is 15.4. The number of methoxy groups -OCH3 is 2. The smallest absolute Gasteiger partial charge is 0.238 e. The summed E-state index contributed by atoms with van der Waals surface area (Å²) in [5.74, 6) is 1.31. The van der Waals surface area contributed by atoms with Gasteiger partial charge in [-0.25, -0.2) is 0 Å². The third-order valence-electron chi connectivity index (χ3n) is 4.23. The van der Waals surface area contributed by atoms with E-state index in [0.29, 0.717) is 18.0 Å². The molecule has 0 unspecified atom stereocenters. The van der Waals surface area contributed by atoms with Gasteiger partial charge in [-0.1, -0.05) is 24.3 Å². The Morgan fingerprint density at radius 2 is 1.85 bits per heavy atom. The van der Waals surface area contributed by atoms with E-state index in [1.54, 1.807) is 20.4 Å². The van der Waals surface area contributed by atoms with Crippen LogP contribution in [0.1, 0.15) is 5.56 Å². The number of amides is 1. The van der Waals surface area contributed by atoms with E-state index in [1.807, 2.05) is 48.5 Å². The van der Waals surface area contributed by atoms with E-state index in [9.17, 15) is 4.79 Å². The predicted octanol–water partition coefficient (Wildman–Crippen LogP) is 3.02. The summed E-state index contributed by atoms with van der Waals surface area (Å²) in [5.41, 5.74) is 2.62. The number of carbonyl (C=O) groups excluding carboxylic acids is 1. The Morgan fingerprint density at radius 3 is 2.67 bits per heavy atom. The van der Waals surface area contributed by atoms with Crippen molar-refractivity contribution >= 4 is 22.5 Å². The van der Waals surface area contributed by atoms with Gasteiger partial charge in [0.2, 0.25) is 5.91 Å². The lowest BCUT2D eigenvalue weighted by molar-refractivity contribution is -0.115. The molecule has 2 N–H and O–H groups in total. The van der Waals surface area contributed by atoms with Crippen LogP contribution >= 0.6 is 0 Å². The second-order valence-electron chi connectivity index (χ2n) is 6.04. The zero-order valence-corrected chi connectivity index (χ0v) is 15.5. The molecule has 6 heteroatoms. The fourth-order valence-corrected chi connectivity index (χ4v) is 2.87. The summed E-state index contributed by atoms with van der Waals surface area (Å²) in [7, 11) is 3.23. The molecule has 0 aliphatic rings. The van der Waals surface area contributed by atoms with E-state index in [-0.39, 0.29) is 12.5 Å². The van der Waals surface area contributed by atoms with Crippen LogP contribution in [0.15, 0.2) is 54.7 Å². The lowest BCUT2D eigenvalue weighted by Crippen LogP contribution is -2.29. The first-order valence-electron chi connectivity index (χ1n) is 8.76. The summed E-state index contributed by atoms with van der Waals surface area (Å²) >= 11 is 0. The number of rotatable bonds is 8. The third kappa shape index (κ3) is 4.74. The Kier molecular flexibility index (Phi) is 6.22. The van der Waals surface area contributed by atoms with Gasteiger partial charge in [-0.3, -0.25) is 9.78 Å². The summed E-state index contributed by atoms with van der Waals surface area (Å²) in [6.07, 6.45) is 2.50. The number of pyridine rings is 1. The molecule has 1 aromatic heterocycles. The van der Waals surface area contributed by atoms with Crippen LogP contribution in [0.5, 0.6) is 11.5 Å². The molecule has 0 aliphatic heterocycles. The molecule has 3 rings (SSSR count). The van der Waals surface area contributed by atoms with Gasteiger partial charge in [-0.2, -0.15) is 0 Å².